The Bertz CT molecular complexity index is 1870. The van der Waals surface area contributed by atoms with E-state index in [2.05, 4.69) is 0 Å². The van der Waals surface area contributed by atoms with Gasteiger partial charge in [0.25, 0.3) is 17.7 Å². The van der Waals surface area contributed by atoms with E-state index in [1.54, 1.807) is 56.5 Å². The van der Waals surface area contributed by atoms with Crippen LogP contribution < -0.4 is 14.2 Å². The van der Waals surface area contributed by atoms with Crippen molar-refractivity contribution < 1.29 is 41.8 Å². The van der Waals surface area contributed by atoms with Gasteiger partial charge in [-0.05, 0) is 54.3 Å². The molecule has 0 N–H and O–H groups in total. The Morgan fingerprint density at radius 2 is 1.31 bits per heavy atom. The summed E-state index contributed by atoms with van der Waals surface area (Å²) in [6.07, 6.45) is -3.11. The van der Waals surface area contributed by atoms with Crippen molar-refractivity contribution in [2.75, 3.05) is 60.6 Å². The van der Waals surface area contributed by atoms with Gasteiger partial charge in [0.2, 0.25) is 5.75 Å². The second-order valence-corrected chi connectivity index (χ2v) is 13.1. The number of rotatable bonds is 8. The number of aromatic nitrogens is 1. The molecule has 0 aliphatic carbocycles. The van der Waals surface area contributed by atoms with E-state index in [1.165, 1.54) is 44.8 Å². The minimum Gasteiger partial charge on any atom is -0.493 e. The van der Waals surface area contributed by atoms with Crippen molar-refractivity contribution in [3.63, 3.8) is 0 Å². The van der Waals surface area contributed by atoms with Gasteiger partial charge in [-0.25, -0.2) is 4.98 Å². The summed E-state index contributed by atoms with van der Waals surface area (Å²) < 4.78 is 55.4. The van der Waals surface area contributed by atoms with E-state index in [0.717, 1.165) is 17.1 Å². The van der Waals surface area contributed by atoms with E-state index in [1.807, 2.05) is 0 Å². The fraction of sp³-hybridized carbons (Fsp3) is 0.351. The predicted molar refractivity (Wildman–Crippen MR) is 185 cm³/mol. The van der Waals surface area contributed by atoms with Gasteiger partial charge in [0.15, 0.2) is 11.5 Å². The van der Waals surface area contributed by atoms with E-state index in [-0.39, 0.29) is 23.6 Å². The van der Waals surface area contributed by atoms with Crippen LogP contribution in [0.1, 0.15) is 60.5 Å². The molecule has 0 unspecified atom stereocenters. The highest BCUT2D eigenvalue weighted by Gasteiger charge is 2.32. The van der Waals surface area contributed by atoms with Gasteiger partial charge in [-0.1, -0.05) is 30.3 Å². The van der Waals surface area contributed by atoms with Crippen LogP contribution in [0.4, 0.5) is 13.2 Å². The highest BCUT2D eigenvalue weighted by atomic mass is 32.1. The van der Waals surface area contributed by atoms with Crippen LogP contribution in [0.15, 0.2) is 66.0 Å². The molecule has 0 spiro atoms. The molecular formula is C37H37F3N4O6S. The molecule has 3 heterocycles. The molecule has 3 aromatic carbocycles. The molecule has 4 aromatic rings. The van der Waals surface area contributed by atoms with Crippen LogP contribution in [0.25, 0.3) is 11.1 Å². The van der Waals surface area contributed by atoms with Gasteiger partial charge in [-0.3, -0.25) is 14.4 Å². The fourth-order valence-electron chi connectivity index (χ4n) is 6.50. The van der Waals surface area contributed by atoms with Crippen molar-refractivity contribution in [1.82, 2.24) is 19.7 Å². The summed E-state index contributed by atoms with van der Waals surface area (Å²) in [7, 11) is 4.47. The maximum absolute atomic E-state index is 13.6. The smallest absolute Gasteiger partial charge is 0.416 e. The maximum Gasteiger partial charge on any atom is 0.416 e. The van der Waals surface area contributed by atoms with Crippen molar-refractivity contribution in [2.45, 2.75) is 24.9 Å². The normalized spacial score (nSPS) is 15.5. The second-order valence-electron chi connectivity index (χ2n) is 12.3. The van der Waals surface area contributed by atoms with Gasteiger partial charge >= 0.3 is 6.18 Å². The number of piperidine rings is 1. The molecule has 1 aromatic heterocycles. The van der Waals surface area contributed by atoms with Gasteiger partial charge in [0, 0.05) is 61.7 Å². The van der Waals surface area contributed by atoms with Crippen molar-refractivity contribution >= 4 is 29.1 Å². The fourth-order valence-corrected chi connectivity index (χ4v) is 7.46. The van der Waals surface area contributed by atoms with Crippen LogP contribution in [-0.4, -0.2) is 98.0 Å². The minimum absolute atomic E-state index is 0.0821. The number of thiazole rings is 1. The molecule has 0 saturated carbocycles. The topological polar surface area (TPSA) is 102 Å². The number of piperazine rings is 1. The molecule has 2 aliphatic rings. The zero-order chi connectivity index (χ0) is 36.3. The number of halogens is 3. The number of hydrogen-bond acceptors (Lipinski definition) is 8. The lowest BCUT2D eigenvalue weighted by Crippen LogP contribution is -2.50. The lowest BCUT2D eigenvalue weighted by atomic mass is 9.94. The molecule has 0 radical (unpaired) electrons. The second kappa shape index (κ2) is 15.0. The molecule has 0 bridgehead atoms. The van der Waals surface area contributed by atoms with Crippen molar-refractivity contribution in [1.29, 1.82) is 0 Å². The Hall–Kier alpha value is -5.11. The van der Waals surface area contributed by atoms with E-state index in [4.69, 9.17) is 19.2 Å². The largest absolute Gasteiger partial charge is 0.493 e. The number of benzene rings is 3. The zero-order valence-electron chi connectivity index (χ0n) is 28.4. The molecule has 2 fully saturated rings. The van der Waals surface area contributed by atoms with Crippen LogP contribution in [0, 0.1) is 0 Å². The molecule has 2 aliphatic heterocycles. The first-order chi connectivity index (χ1) is 24.5. The SMILES string of the molecule is COc1cc(C(=O)N2CCN(C(=O)c3csc(C4CCN(C(=O)c5ccccc5-c5ccc(C(F)(F)F)cc5)CC4)n3)CC2)cc(OC)c1OC. The highest BCUT2D eigenvalue weighted by Crippen LogP contribution is 2.39. The van der Waals surface area contributed by atoms with E-state index >= 15 is 0 Å². The molecule has 6 rings (SSSR count). The van der Waals surface area contributed by atoms with Crippen LogP contribution in [0.2, 0.25) is 0 Å². The first-order valence-corrected chi connectivity index (χ1v) is 17.3. The summed E-state index contributed by atoms with van der Waals surface area (Å²) in [5.74, 6) is 0.671. The number of amides is 3. The third-order valence-electron chi connectivity index (χ3n) is 9.32. The molecule has 51 heavy (non-hydrogen) atoms. The minimum atomic E-state index is -4.44. The zero-order valence-corrected chi connectivity index (χ0v) is 29.2. The van der Waals surface area contributed by atoms with Crippen molar-refractivity contribution in [3.8, 4) is 28.4 Å². The summed E-state index contributed by atoms with van der Waals surface area (Å²) in [6.45, 7) is 2.39. The van der Waals surface area contributed by atoms with Crippen molar-refractivity contribution in [3.05, 3.63) is 93.4 Å². The highest BCUT2D eigenvalue weighted by molar-refractivity contribution is 7.09. The van der Waals surface area contributed by atoms with Gasteiger partial charge in [0.05, 0.1) is 31.9 Å². The number of likely N-dealkylation sites (tertiary alicyclic amines) is 1. The summed E-state index contributed by atoms with van der Waals surface area (Å²) in [6, 6.07) is 15.0. The molecule has 14 heteroatoms. The van der Waals surface area contributed by atoms with Gasteiger partial charge in [-0.15, -0.1) is 11.3 Å². The number of carbonyl (C=O) groups is 3. The quantitative estimate of drug-likeness (QED) is 0.206. The summed E-state index contributed by atoms with van der Waals surface area (Å²) in [4.78, 5) is 50.2. The van der Waals surface area contributed by atoms with Crippen LogP contribution in [0.5, 0.6) is 17.2 Å². The monoisotopic (exact) mass is 722 g/mol. The number of hydrogen-bond donors (Lipinski definition) is 0. The van der Waals surface area contributed by atoms with E-state index < -0.39 is 11.7 Å². The summed E-state index contributed by atoms with van der Waals surface area (Å²) in [5.41, 5.74) is 1.56. The molecule has 10 nitrogen and oxygen atoms in total. The maximum atomic E-state index is 13.6. The Labute approximate surface area is 297 Å². The lowest BCUT2D eigenvalue weighted by Gasteiger charge is -2.34. The van der Waals surface area contributed by atoms with Gasteiger partial charge in [-0.2, -0.15) is 13.2 Å². The third-order valence-corrected chi connectivity index (χ3v) is 10.3. The Morgan fingerprint density at radius 3 is 1.88 bits per heavy atom. The number of alkyl halides is 3. The molecule has 2 saturated heterocycles. The summed E-state index contributed by atoms with van der Waals surface area (Å²) in [5, 5.41) is 2.61. The Balaban J connectivity index is 1.04. The number of methoxy groups -OCH3 is 3. The number of ether oxygens (including phenoxy) is 3. The summed E-state index contributed by atoms with van der Waals surface area (Å²) >= 11 is 1.43. The third kappa shape index (κ3) is 7.51. The lowest BCUT2D eigenvalue weighted by molar-refractivity contribution is -0.137. The van der Waals surface area contributed by atoms with Crippen LogP contribution in [0.3, 0.4) is 0 Å². The first-order valence-electron chi connectivity index (χ1n) is 16.4. The molecule has 0 atom stereocenters. The van der Waals surface area contributed by atoms with Crippen LogP contribution in [-0.2, 0) is 6.18 Å². The molecular weight excluding hydrogens is 685 g/mol. The number of nitrogens with zero attached hydrogens (tertiary/aromatic N) is 4. The van der Waals surface area contributed by atoms with Crippen molar-refractivity contribution in [2.24, 2.45) is 0 Å². The Morgan fingerprint density at radius 1 is 0.745 bits per heavy atom. The van der Waals surface area contributed by atoms with Crippen LogP contribution >= 0.6 is 11.3 Å². The predicted octanol–water partition coefficient (Wildman–Crippen LogP) is 6.47. The molecule has 268 valence electrons. The standard InChI is InChI=1S/C37H37F3N4O6S/c1-48-30-20-25(21-31(49-2)32(30)50-3)34(45)43-16-18-44(19-17-43)36(47)29-22-51-33(41-29)24-12-14-42(15-13-24)35(46)28-7-5-4-6-27(28)23-8-10-26(11-9-23)37(38,39)40/h4-11,20-22,24H,12-19H2,1-3H3. The average Bonchev–Trinajstić information content (AvgIpc) is 3.67. The Kier molecular flexibility index (Phi) is 10.5. The van der Waals surface area contributed by atoms with Gasteiger partial charge in [0.1, 0.15) is 5.69 Å². The number of carbonyl (C=O) groups excluding carboxylic acids is 3. The van der Waals surface area contributed by atoms with E-state index in [0.29, 0.717) is 97.3 Å². The van der Waals surface area contributed by atoms with E-state index in [9.17, 15) is 27.6 Å². The first kappa shape index (κ1) is 35.7. The van der Waals surface area contributed by atoms with Gasteiger partial charge < -0.3 is 28.9 Å². The molecule has 3 amide bonds. The average molecular weight is 723 g/mol.